The zero-order chi connectivity index (χ0) is 16.9. The number of aliphatic imine (C=N–C) groups is 1. The maximum atomic E-state index is 11.9. The van der Waals surface area contributed by atoms with E-state index in [1.807, 2.05) is 11.8 Å². The SMILES string of the molecule is CN(C)C(=O)CN=C(NCC1CCCO1)N1CCSC(C)(C)C1.I. The van der Waals surface area contributed by atoms with Gasteiger partial charge in [0.2, 0.25) is 5.91 Å². The Morgan fingerprint density at radius 3 is 2.79 bits per heavy atom. The van der Waals surface area contributed by atoms with E-state index >= 15 is 0 Å². The van der Waals surface area contributed by atoms with Gasteiger partial charge in [-0.1, -0.05) is 0 Å². The summed E-state index contributed by atoms with van der Waals surface area (Å²) in [4.78, 5) is 20.3. The number of hydrogen-bond acceptors (Lipinski definition) is 4. The van der Waals surface area contributed by atoms with Gasteiger partial charge in [0.05, 0.1) is 6.10 Å². The molecule has 2 rings (SSSR count). The zero-order valence-electron chi connectivity index (χ0n) is 15.2. The molecule has 1 N–H and O–H groups in total. The molecule has 24 heavy (non-hydrogen) atoms. The smallest absolute Gasteiger partial charge is 0.243 e. The molecule has 2 heterocycles. The van der Waals surface area contributed by atoms with Crippen LogP contribution in [0.1, 0.15) is 26.7 Å². The molecule has 8 heteroatoms. The van der Waals surface area contributed by atoms with Gasteiger partial charge in [0.25, 0.3) is 0 Å². The molecule has 2 aliphatic heterocycles. The van der Waals surface area contributed by atoms with E-state index in [0.29, 0.717) is 0 Å². The number of carbonyl (C=O) groups is 1. The molecule has 0 aromatic heterocycles. The maximum absolute atomic E-state index is 11.9. The van der Waals surface area contributed by atoms with Crippen LogP contribution in [0.15, 0.2) is 4.99 Å². The van der Waals surface area contributed by atoms with Crippen LogP contribution in [0.5, 0.6) is 0 Å². The second-order valence-corrected chi connectivity index (χ2v) is 8.78. The molecule has 2 aliphatic rings. The highest BCUT2D eigenvalue weighted by Gasteiger charge is 2.29. The van der Waals surface area contributed by atoms with Gasteiger partial charge in [-0.25, -0.2) is 4.99 Å². The molecule has 0 spiro atoms. The second kappa shape index (κ2) is 10.1. The molecule has 0 saturated carbocycles. The minimum absolute atomic E-state index is 0. The molecular weight excluding hydrogens is 439 g/mol. The van der Waals surface area contributed by atoms with Crippen LogP contribution in [0, 0.1) is 0 Å². The van der Waals surface area contributed by atoms with Crippen molar-refractivity contribution in [1.82, 2.24) is 15.1 Å². The summed E-state index contributed by atoms with van der Waals surface area (Å²) >= 11 is 1.99. The lowest BCUT2D eigenvalue weighted by molar-refractivity contribution is -0.127. The van der Waals surface area contributed by atoms with Crippen LogP contribution in [0.3, 0.4) is 0 Å². The fourth-order valence-electron chi connectivity index (χ4n) is 2.76. The summed E-state index contributed by atoms with van der Waals surface area (Å²) in [6.45, 7) is 8.21. The van der Waals surface area contributed by atoms with Gasteiger partial charge in [0.1, 0.15) is 6.54 Å². The average molecular weight is 470 g/mol. The standard InChI is InChI=1S/C16H30N4O2S.HI/c1-16(2)12-20(7-9-23-16)15(18-11-14(21)19(3)4)17-10-13-6-5-8-22-13;/h13H,5-12H2,1-4H3,(H,17,18);1H. The third kappa shape index (κ3) is 6.95. The van der Waals surface area contributed by atoms with Gasteiger partial charge in [-0.3, -0.25) is 4.79 Å². The highest BCUT2D eigenvalue weighted by molar-refractivity contribution is 14.0. The third-order valence-corrected chi connectivity index (χ3v) is 5.40. The number of carbonyl (C=O) groups excluding carboxylic acids is 1. The van der Waals surface area contributed by atoms with Crippen molar-refractivity contribution in [1.29, 1.82) is 0 Å². The lowest BCUT2D eigenvalue weighted by Gasteiger charge is -2.39. The first-order valence-electron chi connectivity index (χ1n) is 8.36. The summed E-state index contributed by atoms with van der Waals surface area (Å²) in [6, 6.07) is 0. The molecule has 2 saturated heterocycles. The lowest BCUT2D eigenvalue weighted by atomic mass is 10.2. The van der Waals surface area contributed by atoms with E-state index in [1.54, 1.807) is 19.0 Å². The van der Waals surface area contributed by atoms with Crippen molar-refractivity contribution in [2.75, 3.05) is 52.6 Å². The molecule has 1 amide bonds. The molecule has 2 fully saturated rings. The Morgan fingerprint density at radius 1 is 1.46 bits per heavy atom. The number of halogens is 1. The monoisotopic (exact) mass is 470 g/mol. The van der Waals surface area contributed by atoms with Gasteiger partial charge in [-0.15, -0.1) is 24.0 Å². The van der Waals surface area contributed by atoms with Crippen molar-refractivity contribution < 1.29 is 9.53 Å². The largest absolute Gasteiger partial charge is 0.376 e. The van der Waals surface area contributed by atoms with Crippen LogP contribution in [-0.4, -0.2) is 85.2 Å². The maximum Gasteiger partial charge on any atom is 0.243 e. The quantitative estimate of drug-likeness (QED) is 0.385. The molecule has 140 valence electrons. The van der Waals surface area contributed by atoms with Crippen LogP contribution in [0.25, 0.3) is 0 Å². The normalized spacial score (nSPS) is 23.6. The number of nitrogens with one attached hydrogen (secondary N) is 1. The lowest BCUT2D eigenvalue weighted by Crippen LogP contribution is -2.52. The number of guanidine groups is 1. The predicted octanol–water partition coefficient (Wildman–Crippen LogP) is 1.64. The molecular formula is C16H31IN4O2S. The highest BCUT2D eigenvalue weighted by atomic mass is 127. The van der Waals surface area contributed by atoms with Crippen molar-refractivity contribution in [2.45, 2.75) is 37.5 Å². The fraction of sp³-hybridized carbons (Fsp3) is 0.875. The summed E-state index contributed by atoms with van der Waals surface area (Å²) in [7, 11) is 3.52. The van der Waals surface area contributed by atoms with Crippen molar-refractivity contribution in [3.05, 3.63) is 0 Å². The molecule has 0 aliphatic carbocycles. The molecule has 0 radical (unpaired) electrons. The Kier molecular flexibility index (Phi) is 9.14. The van der Waals surface area contributed by atoms with Gasteiger partial charge in [0.15, 0.2) is 5.96 Å². The van der Waals surface area contributed by atoms with E-state index in [9.17, 15) is 4.79 Å². The number of likely N-dealkylation sites (N-methyl/N-ethyl adjacent to an activating group) is 1. The van der Waals surface area contributed by atoms with Crippen LogP contribution >= 0.6 is 35.7 Å². The number of hydrogen-bond donors (Lipinski definition) is 1. The number of thioether (sulfide) groups is 1. The van der Waals surface area contributed by atoms with Crippen LogP contribution < -0.4 is 5.32 Å². The number of nitrogens with zero attached hydrogens (tertiary/aromatic N) is 3. The Morgan fingerprint density at radius 2 is 2.21 bits per heavy atom. The average Bonchev–Trinajstić information content (AvgIpc) is 2.99. The minimum atomic E-state index is 0. The molecule has 6 nitrogen and oxygen atoms in total. The first kappa shape index (κ1) is 21.8. The van der Waals surface area contributed by atoms with Crippen molar-refractivity contribution in [2.24, 2.45) is 4.99 Å². The van der Waals surface area contributed by atoms with E-state index < -0.39 is 0 Å². The summed E-state index contributed by atoms with van der Waals surface area (Å²) < 4.78 is 5.88. The highest BCUT2D eigenvalue weighted by Crippen LogP contribution is 2.29. The fourth-order valence-corrected chi connectivity index (χ4v) is 3.87. The zero-order valence-corrected chi connectivity index (χ0v) is 18.4. The van der Waals surface area contributed by atoms with Crippen LogP contribution in [0.2, 0.25) is 0 Å². The summed E-state index contributed by atoms with van der Waals surface area (Å²) in [5.41, 5.74) is 0. The van der Waals surface area contributed by atoms with Crippen molar-refractivity contribution in [3.63, 3.8) is 0 Å². The topological polar surface area (TPSA) is 57.2 Å². The van der Waals surface area contributed by atoms with Crippen LogP contribution in [-0.2, 0) is 9.53 Å². The minimum Gasteiger partial charge on any atom is -0.376 e. The van der Waals surface area contributed by atoms with E-state index in [-0.39, 0.29) is 47.3 Å². The Bertz CT molecular complexity index is 440. The number of rotatable bonds is 4. The predicted molar refractivity (Wildman–Crippen MR) is 111 cm³/mol. The van der Waals surface area contributed by atoms with Gasteiger partial charge in [0, 0.05) is 50.8 Å². The van der Waals surface area contributed by atoms with E-state index in [2.05, 4.69) is 29.1 Å². The Balaban J connectivity index is 0.00000288. The van der Waals surface area contributed by atoms with Gasteiger partial charge in [-0.05, 0) is 26.7 Å². The van der Waals surface area contributed by atoms with Gasteiger partial charge >= 0.3 is 0 Å². The third-order valence-electron chi connectivity index (χ3n) is 4.10. The van der Waals surface area contributed by atoms with Crippen molar-refractivity contribution in [3.8, 4) is 0 Å². The number of amides is 1. The first-order valence-corrected chi connectivity index (χ1v) is 9.35. The van der Waals surface area contributed by atoms with Crippen LogP contribution in [0.4, 0.5) is 0 Å². The Hall–Kier alpha value is -0.220. The van der Waals surface area contributed by atoms with E-state index in [4.69, 9.17) is 4.74 Å². The molecule has 0 bridgehead atoms. The van der Waals surface area contributed by atoms with E-state index in [0.717, 1.165) is 50.8 Å². The summed E-state index contributed by atoms with van der Waals surface area (Å²) in [6.07, 6.45) is 2.49. The van der Waals surface area contributed by atoms with E-state index in [1.165, 1.54) is 0 Å². The first-order chi connectivity index (χ1) is 10.9. The van der Waals surface area contributed by atoms with Gasteiger partial charge in [-0.2, -0.15) is 11.8 Å². The Labute approximate surface area is 167 Å². The van der Waals surface area contributed by atoms with Gasteiger partial charge < -0.3 is 19.9 Å². The molecule has 1 atom stereocenters. The summed E-state index contributed by atoms with van der Waals surface area (Å²) in [5, 5.41) is 3.43. The second-order valence-electron chi connectivity index (χ2n) is 6.97. The van der Waals surface area contributed by atoms with Crippen molar-refractivity contribution >= 4 is 47.6 Å². The molecule has 1 unspecified atom stereocenters. The number of ether oxygens (including phenoxy) is 1. The molecule has 0 aromatic carbocycles. The summed E-state index contributed by atoms with van der Waals surface area (Å²) in [5.74, 6) is 1.94. The molecule has 0 aromatic rings.